The second-order valence-corrected chi connectivity index (χ2v) is 5.99. The molecule has 0 fully saturated rings. The van der Waals surface area contributed by atoms with Crippen LogP contribution in [0.4, 0.5) is 0 Å². The standard InChI is InChI=1S/C11H7Cl2NO2S/c12-10-6-9(7-11(13)14-10)17(15,16)8-4-2-1-3-5-8/h1-7H. The summed E-state index contributed by atoms with van der Waals surface area (Å²) < 4.78 is 24.4. The lowest BCUT2D eigenvalue weighted by molar-refractivity contribution is 0.596. The molecule has 6 heteroatoms. The molecule has 0 atom stereocenters. The van der Waals surface area contributed by atoms with Crippen LogP contribution in [0.25, 0.3) is 0 Å². The minimum absolute atomic E-state index is 0.0358. The maximum atomic E-state index is 12.2. The number of aromatic nitrogens is 1. The molecule has 0 aliphatic rings. The van der Waals surface area contributed by atoms with Gasteiger partial charge >= 0.3 is 0 Å². The highest BCUT2D eigenvalue weighted by Crippen LogP contribution is 2.24. The Morgan fingerprint density at radius 1 is 0.882 bits per heavy atom. The van der Waals surface area contributed by atoms with Crippen LogP contribution in [0.5, 0.6) is 0 Å². The number of rotatable bonds is 2. The van der Waals surface area contributed by atoms with Crippen molar-refractivity contribution in [1.82, 2.24) is 4.98 Å². The lowest BCUT2D eigenvalue weighted by Gasteiger charge is -2.04. The van der Waals surface area contributed by atoms with Gasteiger partial charge in [0.1, 0.15) is 10.3 Å². The minimum atomic E-state index is -3.59. The number of nitrogens with zero attached hydrogens (tertiary/aromatic N) is 1. The molecule has 2 rings (SSSR count). The predicted molar refractivity (Wildman–Crippen MR) is 66.2 cm³/mol. The third-order valence-electron chi connectivity index (χ3n) is 2.10. The van der Waals surface area contributed by atoms with Gasteiger partial charge in [0, 0.05) is 0 Å². The van der Waals surface area contributed by atoms with Crippen molar-refractivity contribution in [2.75, 3.05) is 0 Å². The van der Waals surface area contributed by atoms with E-state index in [2.05, 4.69) is 4.98 Å². The molecule has 1 heterocycles. The lowest BCUT2D eigenvalue weighted by atomic mass is 10.4. The minimum Gasteiger partial charge on any atom is -0.224 e. The largest absolute Gasteiger partial charge is 0.224 e. The first kappa shape index (κ1) is 12.4. The molecule has 0 saturated carbocycles. The van der Waals surface area contributed by atoms with E-state index >= 15 is 0 Å². The van der Waals surface area contributed by atoms with Gasteiger partial charge in [0.05, 0.1) is 9.79 Å². The fourth-order valence-corrected chi connectivity index (χ4v) is 3.24. The average molecular weight is 288 g/mol. The Labute approximate surface area is 109 Å². The molecular formula is C11H7Cl2NO2S. The highest BCUT2D eigenvalue weighted by atomic mass is 35.5. The van der Waals surface area contributed by atoms with Crippen LogP contribution in [-0.4, -0.2) is 13.4 Å². The van der Waals surface area contributed by atoms with E-state index in [-0.39, 0.29) is 20.1 Å². The molecule has 0 unspecified atom stereocenters. The molecule has 88 valence electrons. The third kappa shape index (κ3) is 2.60. The molecule has 1 aromatic carbocycles. The van der Waals surface area contributed by atoms with Gasteiger partial charge in [-0.25, -0.2) is 13.4 Å². The van der Waals surface area contributed by atoms with Gasteiger partial charge in [-0.15, -0.1) is 0 Å². The SMILES string of the molecule is O=S(=O)(c1ccccc1)c1cc(Cl)nc(Cl)c1. The Kier molecular flexibility index (Phi) is 3.38. The number of halogens is 2. The summed E-state index contributed by atoms with van der Waals surface area (Å²) in [5.74, 6) is 0. The van der Waals surface area contributed by atoms with Crippen LogP contribution >= 0.6 is 23.2 Å². The van der Waals surface area contributed by atoms with Gasteiger partial charge in [-0.3, -0.25) is 0 Å². The van der Waals surface area contributed by atoms with Crippen molar-refractivity contribution in [1.29, 1.82) is 0 Å². The Morgan fingerprint density at radius 2 is 1.41 bits per heavy atom. The molecule has 0 N–H and O–H groups in total. The van der Waals surface area contributed by atoms with Crippen LogP contribution in [0.1, 0.15) is 0 Å². The van der Waals surface area contributed by atoms with E-state index in [1.165, 1.54) is 24.3 Å². The zero-order valence-electron chi connectivity index (χ0n) is 8.47. The average Bonchev–Trinajstić information content (AvgIpc) is 2.29. The smallest absolute Gasteiger partial charge is 0.206 e. The summed E-state index contributed by atoms with van der Waals surface area (Å²) in [5, 5.41) is 0.0963. The second kappa shape index (κ2) is 4.64. The van der Waals surface area contributed by atoms with Crippen molar-refractivity contribution in [2.45, 2.75) is 9.79 Å². The highest BCUT2D eigenvalue weighted by Gasteiger charge is 2.18. The first-order valence-corrected chi connectivity index (χ1v) is 6.87. The third-order valence-corrected chi connectivity index (χ3v) is 4.24. The lowest BCUT2D eigenvalue weighted by Crippen LogP contribution is -2.02. The molecule has 17 heavy (non-hydrogen) atoms. The molecule has 0 aliphatic carbocycles. The molecule has 0 aliphatic heterocycles. The molecule has 0 spiro atoms. The molecule has 0 bridgehead atoms. The fraction of sp³-hybridized carbons (Fsp3) is 0. The number of hydrogen-bond donors (Lipinski definition) is 0. The van der Waals surface area contributed by atoms with Crippen LogP contribution < -0.4 is 0 Å². The van der Waals surface area contributed by atoms with Gasteiger partial charge in [-0.1, -0.05) is 41.4 Å². The summed E-state index contributed by atoms with van der Waals surface area (Å²) in [6.45, 7) is 0. The highest BCUT2D eigenvalue weighted by molar-refractivity contribution is 7.91. The number of hydrogen-bond acceptors (Lipinski definition) is 3. The molecular weight excluding hydrogens is 281 g/mol. The molecule has 0 saturated heterocycles. The van der Waals surface area contributed by atoms with Crippen LogP contribution in [-0.2, 0) is 9.84 Å². The fourth-order valence-electron chi connectivity index (χ4n) is 1.33. The molecule has 0 amide bonds. The first-order valence-electron chi connectivity index (χ1n) is 4.63. The van der Waals surface area contributed by atoms with E-state index in [0.717, 1.165) is 0 Å². The van der Waals surface area contributed by atoms with Crippen molar-refractivity contribution in [3.8, 4) is 0 Å². The quantitative estimate of drug-likeness (QED) is 0.797. The van der Waals surface area contributed by atoms with Crippen molar-refractivity contribution < 1.29 is 8.42 Å². The van der Waals surface area contributed by atoms with Crippen LogP contribution in [0.3, 0.4) is 0 Å². The van der Waals surface area contributed by atoms with Gasteiger partial charge in [-0.2, -0.15) is 0 Å². The van der Waals surface area contributed by atoms with Crippen molar-refractivity contribution in [2.24, 2.45) is 0 Å². The summed E-state index contributed by atoms with van der Waals surface area (Å²) >= 11 is 11.4. The molecule has 2 aromatic rings. The molecule has 3 nitrogen and oxygen atoms in total. The summed E-state index contributed by atoms with van der Waals surface area (Å²) in [4.78, 5) is 3.94. The summed E-state index contributed by atoms with van der Waals surface area (Å²) in [6.07, 6.45) is 0. The number of benzene rings is 1. The second-order valence-electron chi connectivity index (χ2n) is 3.26. The van der Waals surface area contributed by atoms with Crippen LogP contribution in [0.15, 0.2) is 52.3 Å². The van der Waals surface area contributed by atoms with Gasteiger partial charge in [0.25, 0.3) is 0 Å². The zero-order valence-corrected chi connectivity index (χ0v) is 10.8. The van der Waals surface area contributed by atoms with Gasteiger partial charge in [0.2, 0.25) is 9.84 Å². The van der Waals surface area contributed by atoms with E-state index in [0.29, 0.717) is 0 Å². The first-order chi connectivity index (χ1) is 8.00. The summed E-state index contributed by atoms with van der Waals surface area (Å²) in [7, 11) is -3.59. The zero-order chi connectivity index (χ0) is 12.5. The van der Waals surface area contributed by atoms with Crippen LogP contribution in [0, 0.1) is 0 Å². The number of pyridine rings is 1. The number of sulfone groups is 1. The Bertz CT molecular complexity index is 622. The van der Waals surface area contributed by atoms with Crippen molar-refractivity contribution in [3.05, 3.63) is 52.8 Å². The Balaban J connectivity index is 2.60. The maximum absolute atomic E-state index is 12.2. The van der Waals surface area contributed by atoms with E-state index in [1.54, 1.807) is 18.2 Å². The van der Waals surface area contributed by atoms with E-state index in [1.807, 2.05) is 0 Å². The van der Waals surface area contributed by atoms with Gasteiger partial charge < -0.3 is 0 Å². The monoisotopic (exact) mass is 287 g/mol. The molecule has 1 aromatic heterocycles. The topological polar surface area (TPSA) is 47.0 Å². The molecule has 0 radical (unpaired) electrons. The predicted octanol–water partition coefficient (Wildman–Crippen LogP) is 3.22. The Morgan fingerprint density at radius 3 is 1.94 bits per heavy atom. The van der Waals surface area contributed by atoms with Crippen LogP contribution in [0.2, 0.25) is 10.3 Å². The van der Waals surface area contributed by atoms with Crippen molar-refractivity contribution in [3.63, 3.8) is 0 Å². The van der Waals surface area contributed by atoms with E-state index in [4.69, 9.17) is 23.2 Å². The van der Waals surface area contributed by atoms with Crippen molar-refractivity contribution >= 4 is 33.0 Å². The van der Waals surface area contributed by atoms with Gasteiger partial charge in [0.15, 0.2) is 0 Å². The Hall–Kier alpha value is -1.10. The van der Waals surface area contributed by atoms with E-state index in [9.17, 15) is 8.42 Å². The summed E-state index contributed by atoms with van der Waals surface area (Å²) in [5.41, 5.74) is 0. The normalized spacial score (nSPS) is 11.4. The van der Waals surface area contributed by atoms with Gasteiger partial charge in [-0.05, 0) is 24.3 Å². The summed E-state index contributed by atoms with van der Waals surface area (Å²) in [6, 6.07) is 10.6. The van der Waals surface area contributed by atoms with E-state index < -0.39 is 9.84 Å². The maximum Gasteiger partial charge on any atom is 0.206 e.